The highest BCUT2D eigenvalue weighted by molar-refractivity contribution is 7.80. The Balaban J connectivity index is 0.00000192. The summed E-state index contributed by atoms with van der Waals surface area (Å²) >= 11 is 4.86. The van der Waals surface area contributed by atoms with Gasteiger partial charge in [0.25, 0.3) is 0 Å². The van der Waals surface area contributed by atoms with Gasteiger partial charge >= 0.3 is 0 Å². The molecule has 3 rings (SSSR count). The lowest BCUT2D eigenvalue weighted by atomic mass is 9.97. The molecule has 2 aromatic carbocycles. The fraction of sp³-hybridized carbons (Fsp3) is 0.278. The minimum absolute atomic E-state index is 0. The van der Waals surface area contributed by atoms with Crippen LogP contribution in [-0.4, -0.2) is 26.0 Å². The van der Waals surface area contributed by atoms with Crippen LogP contribution < -0.4 is 10.1 Å². The summed E-state index contributed by atoms with van der Waals surface area (Å²) in [6.45, 7) is 1.85. The van der Waals surface area contributed by atoms with Gasteiger partial charge < -0.3 is 10.1 Å². The zero-order valence-corrected chi connectivity index (χ0v) is 14.7. The van der Waals surface area contributed by atoms with E-state index in [2.05, 4.69) is 28.5 Å². The number of rotatable bonds is 4. The number of nitrogens with zero attached hydrogens (tertiary/aromatic N) is 1. The normalized spacial score (nSPS) is 15.0. The van der Waals surface area contributed by atoms with E-state index in [1.54, 1.807) is 7.11 Å². The molecule has 1 aliphatic rings. The topological polar surface area (TPSA) is 33.6 Å². The summed E-state index contributed by atoms with van der Waals surface area (Å²) in [4.78, 5) is 4.62. The summed E-state index contributed by atoms with van der Waals surface area (Å²) in [5, 5.41) is 3.34. The zero-order chi connectivity index (χ0) is 15.4. The monoisotopic (exact) mass is 348 g/mol. The maximum Gasteiger partial charge on any atom is 0.128 e. The predicted octanol–water partition coefficient (Wildman–Crippen LogP) is 3.88. The van der Waals surface area contributed by atoms with Crippen molar-refractivity contribution in [1.82, 2.24) is 5.32 Å². The molecule has 1 aliphatic heterocycles. The molecule has 0 saturated heterocycles. The Bertz CT molecular complexity index is 690. The van der Waals surface area contributed by atoms with E-state index in [9.17, 15) is 0 Å². The predicted molar refractivity (Wildman–Crippen MR) is 102 cm³/mol. The van der Waals surface area contributed by atoms with Crippen LogP contribution in [-0.2, 0) is 0 Å². The average molecular weight is 349 g/mol. The molecule has 122 valence electrons. The van der Waals surface area contributed by atoms with E-state index < -0.39 is 0 Å². The maximum atomic E-state index is 5.48. The summed E-state index contributed by atoms with van der Waals surface area (Å²) in [6, 6.07) is 16.3. The number of ether oxygens (including phenoxy) is 1. The Hall–Kier alpha value is -1.65. The summed E-state index contributed by atoms with van der Waals surface area (Å²) in [6.07, 6.45) is 1.09. The van der Waals surface area contributed by atoms with Crippen molar-refractivity contribution < 1.29 is 4.74 Å². The number of aliphatic imine (C=N–C) groups is 1. The molecule has 5 heteroatoms. The molecule has 2 aromatic rings. The maximum absolute atomic E-state index is 5.48. The number of nitrogens with one attached hydrogen (secondary N) is 1. The summed E-state index contributed by atoms with van der Waals surface area (Å²) in [7, 11) is 1.69. The fourth-order valence-corrected chi connectivity index (χ4v) is 3.16. The molecular weight excluding hydrogens is 328 g/mol. The molecular formula is C18H21ClN2OS. The highest BCUT2D eigenvalue weighted by Crippen LogP contribution is 2.36. The number of halogens is 1. The molecule has 0 amide bonds. The van der Waals surface area contributed by atoms with Gasteiger partial charge in [0.05, 0.1) is 12.4 Å². The summed E-state index contributed by atoms with van der Waals surface area (Å²) in [5.41, 5.74) is 3.33. The van der Waals surface area contributed by atoms with Gasteiger partial charge in [-0.05, 0) is 18.1 Å². The second-order valence-corrected chi connectivity index (χ2v) is 5.76. The first-order valence-corrected chi connectivity index (χ1v) is 8.01. The van der Waals surface area contributed by atoms with Gasteiger partial charge in [-0.2, -0.15) is 12.6 Å². The van der Waals surface area contributed by atoms with Crippen LogP contribution in [0.5, 0.6) is 5.75 Å². The molecule has 0 aromatic heterocycles. The van der Waals surface area contributed by atoms with E-state index in [0.717, 1.165) is 47.8 Å². The van der Waals surface area contributed by atoms with Crippen molar-refractivity contribution in [2.24, 2.45) is 4.99 Å². The molecule has 1 unspecified atom stereocenters. The van der Waals surface area contributed by atoms with E-state index >= 15 is 0 Å². The van der Waals surface area contributed by atoms with Gasteiger partial charge in [0.2, 0.25) is 0 Å². The molecule has 1 N–H and O–H groups in total. The molecule has 0 fully saturated rings. The van der Waals surface area contributed by atoms with Gasteiger partial charge in [0.1, 0.15) is 11.6 Å². The lowest BCUT2D eigenvalue weighted by Crippen LogP contribution is -2.31. The third-order valence-corrected chi connectivity index (χ3v) is 4.40. The number of amidine groups is 1. The van der Waals surface area contributed by atoms with Crippen molar-refractivity contribution in [1.29, 1.82) is 0 Å². The largest absolute Gasteiger partial charge is 0.496 e. The molecule has 3 nitrogen and oxygen atoms in total. The van der Waals surface area contributed by atoms with Crippen LogP contribution in [0.4, 0.5) is 0 Å². The van der Waals surface area contributed by atoms with Crippen molar-refractivity contribution in [2.45, 2.75) is 11.7 Å². The highest BCUT2D eigenvalue weighted by Gasteiger charge is 2.19. The number of thiol groups is 1. The van der Waals surface area contributed by atoms with Crippen LogP contribution >= 0.6 is 25.0 Å². The lowest BCUT2D eigenvalue weighted by molar-refractivity contribution is 0.410. The van der Waals surface area contributed by atoms with Gasteiger partial charge in [0.15, 0.2) is 0 Å². The summed E-state index contributed by atoms with van der Waals surface area (Å²) < 4.78 is 5.48. The fourth-order valence-electron chi connectivity index (χ4n) is 2.72. The van der Waals surface area contributed by atoms with Gasteiger partial charge in [0, 0.05) is 24.2 Å². The standard InChI is InChI=1S/C18H20N2OS.ClH/c1-21-16-10-5-4-9-15(16)17(22)13-7-2-3-8-14(13)18-19-11-6-12-20-18;/h2-5,7-10,17,22H,6,11-12H2,1H3,(H,19,20);1H. The third-order valence-electron chi connectivity index (χ3n) is 3.84. The van der Waals surface area contributed by atoms with E-state index in [4.69, 9.17) is 17.4 Å². The molecule has 0 saturated carbocycles. The average Bonchev–Trinajstić information content (AvgIpc) is 2.62. The number of methoxy groups -OCH3 is 1. The van der Waals surface area contributed by atoms with Crippen LogP contribution in [0.3, 0.4) is 0 Å². The number of hydrogen-bond donors (Lipinski definition) is 2. The Kier molecular flexibility index (Phi) is 6.37. The number of hydrogen-bond acceptors (Lipinski definition) is 4. The molecule has 23 heavy (non-hydrogen) atoms. The van der Waals surface area contributed by atoms with Crippen molar-refractivity contribution >= 4 is 30.9 Å². The molecule has 0 spiro atoms. The van der Waals surface area contributed by atoms with Crippen LogP contribution in [0.2, 0.25) is 0 Å². The number of benzene rings is 2. The Morgan fingerprint density at radius 3 is 2.48 bits per heavy atom. The van der Waals surface area contributed by atoms with Crippen molar-refractivity contribution in [3.05, 3.63) is 65.2 Å². The Labute approximate surface area is 149 Å². The second kappa shape index (κ2) is 8.27. The third kappa shape index (κ3) is 3.82. The highest BCUT2D eigenvalue weighted by atomic mass is 35.5. The Morgan fingerprint density at radius 1 is 1.09 bits per heavy atom. The molecule has 1 heterocycles. The molecule has 1 atom stereocenters. The van der Waals surface area contributed by atoms with E-state index in [-0.39, 0.29) is 17.7 Å². The zero-order valence-electron chi connectivity index (χ0n) is 13.0. The van der Waals surface area contributed by atoms with Crippen LogP contribution in [0.1, 0.15) is 28.4 Å². The quantitative estimate of drug-likeness (QED) is 0.822. The van der Waals surface area contributed by atoms with Crippen molar-refractivity contribution in [3.8, 4) is 5.75 Å². The smallest absolute Gasteiger partial charge is 0.128 e. The van der Waals surface area contributed by atoms with Crippen LogP contribution in [0, 0.1) is 0 Å². The van der Waals surface area contributed by atoms with E-state index in [1.165, 1.54) is 0 Å². The van der Waals surface area contributed by atoms with Crippen molar-refractivity contribution in [2.75, 3.05) is 20.2 Å². The molecule has 0 aliphatic carbocycles. The van der Waals surface area contributed by atoms with Gasteiger partial charge in [-0.1, -0.05) is 42.5 Å². The minimum Gasteiger partial charge on any atom is -0.496 e. The van der Waals surface area contributed by atoms with E-state index in [1.807, 2.05) is 30.3 Å². The van der Waals surface area contributed by atoms with E-state index in [0.29, 0.717) is 0 Å². The Morgan fingerprint density at radius 2 is 1.78 bits per heavy atom. The first-order valence-electron chi connectivity index (χ1n) is 7.50. The van der Waals surface area contributed by atoms with Gasteiger partial charge in [-0.15, -0.1) is 12.4 Å². The van der Waals surface area contributed by atoms with Crippen LogP contribution in [0.25, 0.3) is 0 Å². The van der Waals surface area contributed by atoms with Gasteiger partial charge in [-0.3, -0.25) is 4.99 Å². The molecule has 0 radical (unpaired) electrons. The minimum atomic E-state index is -0.0567. The first-order chi connectivity index (χ1) is 10.8. The second-order valence-electron chi connectivity index (χ2n) is 5.24. The van der Waals surface area contributed by atoms with Crippen LogP contribution in [0.15, 0.2) is 53.5 Å². The summed E-state index contributed by atoms with van der Waals surface area (Å²) in [5.74, 6) is 1.83. The first kappa shape index (κ1) is 17.7. The van der Waals surface area contributed by atoms with Crippen molar-refractivity contribution in [3.63, 3.8) is 0 Å². The lowest BCUT2D eigenvalue weighted by Gasteiger charge is -2.21. The SMILES string of the molecule is COc1ccccc1C(S)c1ccccc1C1=NCCCN1.Cl. The molecule has 0 bridgehead atoms. The van der Waals surface area contributed by atoms with Gasteiger partial charge in [-0.25, -0.2) is 0 Å². The number of para-hydroxylation sites is 1.